The highest BCUT2D eigenvalue weighted by Gasteiger charge is 2.10. The van der Waals surface area contributed by atoms with Crippen molar-refractivity contribution < 1.29 is 9.53 Å². The van der Waals surface area contributed by atoms with Crippen molar-refractivity contribution in [2.24, 2.45) is 5.84 Å². The molecule has 0 atom stereocenters. The molecule has 2 rings (SSSR count). The number of aromatic nitrogens is 1. The number of rotatable bonds is 4. The fourth-order valence-electron chi connectivity index (χ4n) is 1.93. The van der Waals surface area contributed by atoms with Gasteiger partial charge in [0.15, 0.2) is 0 Å². The zero-order valence-corrected chi connectivity index (χ0v) is 12.0. The highest BCUT2D eigenvalue weighted by molar-refractivity contribution is 5.89. The minimum absolute atomic E-state index is 0.310. The number of aryl methyl sites for hydroxylation is 2. The molecule has 0 aliphatic rings. The summed E-state index contributed by atoms with van der Waals surface area (Å²) in [6, 6.07) is 8.92. The number of anilines is 1. The molecule has 6 nitrogen and oxygen atoms in total. The maximum Gasteiger partial charge on any atom is 0.333 e. The third-order valence-corrected chi connectivity index (χ3v) is 3.10. The van der Waals surface area contributed by atoms with Crippen LogP contribution in [-0.4, -0.2) is 11.0 Å². The lowest BCUT2D eigenvalue weighted by Gasteiger charge is -2.14. The van der Waals surface area contributed by atoms with Crippen molar-refractivity contribution in [2.75, 3.05) is 5.32 Å². The Labute approximate surface area is 123 Å². The molecule has 110 valence electrons. The number of hydrazine groups is 1. The summed E-state index contributed by atoms with van der Waals surface area (Å²) >= 11 is 0. The number of nitrogens with zero attached hydrogens (tertiary/aromatic N) is 1. The first-order valence-electron chi connectivity index (χ1n) is 6.52. The standard InChI is InChI=1S/C15H18N4O2/c1-10-5-3-7-13(18-15(20)19-16)12(10)9-21-14-11(2)6-4-8-17-14/h3-8H,9,16H2,1-2H3,(H2,18,19,20). The lowest BCUT2D eigenvalue weighted by molar-refractivity contribution is 0.252. The Balaban J connectivity index is 2.19. The van der Waals surface area contributed by atoms with Crippen molar-refractivity contribution in [3.05, 3.63) is 53.2 Å². The van der Waals surface area contributed by atoms with Crippen molar-refractivity contribution >= 4 is 11.7 Å². The van der Waals surface area contributed by atoms with E-state index in [1.807, 2.05) is 43.5 Å². The van der Waals surface area contributed by atoms with Crippen LogP contribution in [0.5, 0.6) is 5.88 Å². The second-order valence-corrected chi connectivity index (χ2v) is 4.61. The predicted octanol–water partition coefficient (Wildman–Crippen LogP) is 2.27. The van der Waals surface area contributed by atoms with Crippen LogP contribution in [0.25, 0.3) is 0 Å². The topological polar surface area (TPSA) is 89.3 Å². The summed E-state index contributed by atoms with van der Waals surface area (Å²) in [4.78, 5) is 15.6. The van der Waals surface area contributed by atoms with Gasteiger partial charge in [0.25, 0.3) is 0 Å². The molecule has 0 saturated heterocycles. The SMILES string of the molecule is Cc1cccnc1OCc1c(C)cccc1NC(=O)NN. The second-order valence-electron chi connectivity index (χ2n) is 4.61. The Morgan fingerprint density at radius 1 is 1.24 bits per heavy atom. The Hall–Kier alpha value is -2.60. The normalized spacial score (nSPS) is 10.0. The molecule has 0 unspecified atom stereocenters. The van der Waals surface area contributed by atoms with E-state index >= 15 is 0 Å². The highest BCUT2D eigenvalue weighted by atomic mass is 16.5. The average Bonchev–Trinajstić information content (AvgIpc) is 2.48. The number of nitrogens with two attached hydrogens (primary N) is 1. The van der Waals surface area contributed by atoms with E-state index in [4.69, 9.17) is 10.6 Å². The zero-order chi connectivity index (χ0) is 15.2. The van der Waals surface area contributed by atoms with Gasteiger partial charge in [0.2, 0.25) is 5.88 Å². The maximum atomic E-state index is 11.4. The van der Waals surface area contributed by atoms with Crippen molar-refractivity contribution in [1.82, 2.24) is 10.4 Å². The Bertz CT molecular complexity index is 643. The maximum absolute atomic E-state index is 11.4. The first-order chi connectivity index (χ1) is 10.1. The smallest absolute Gasteiger partial charge is 0.333 e. The molecule has 4 N–H and O–H groups in total. The predicted molar refractivity (Wildman–Crippen MR) is 80.8 cm³/mol. The van der Waals surface area contributed by atoms with E-state index in [1.165, 1.54) is 0 Å². The third kappa shape index (κ3) is 3.70. The molecule has 1 heterocycles. The summed E-state index contributed by atoms with van der Waals surface area (Å²) in [6.07, 6.45) is 1.68. The van der Waals surface area contributed by atoms with E-state index in [-0.39, 0.29) is 0 Å². The quantitative estimate of drug-likeness (QED) is 0.457. The fourth-order valence-corrected chi connectivity index (χ4v) is 1.93. The van der Waals surface area contributed by atoms with Crippen LogP contribution in [0.15, 0.2) is 36.5 Å². The summed E-state index contributed by atoms with van der Waals surface area (Å²) in [5.74, 6) is 5.67. The van der Waals surface area contributed by atoms with E-state index < -0.39 is 6.03 Å². The Morgan fingerprint density at radius 3 is 2.71 bits per heavy atom. The van der Waals surface area contributed by atoms with Crippen LogP contribution in [0, 0.1) is 13.8 Å². The molecule has 1 aromatic carbocycles. The van der Waals surface area contributed by atoms with E-state index in [9.17, 15) is 4.79 Å². The van der Waals surface area contributed by atoms with Crippen LogP contribution in [0.4, 0.5) is 10.5 Å². The van der Waals surface area contributed by atoms with Gasteiger partial charge in [-0.2, -0.15) is 0 Å². The number of nitrogens with one attached hydrogen (secondary N) is 2. The Kier molecular flexibility index (Phi) is 4.73. The first-order valence-corrected chi connectivity index (χ1v) is 6.52. The number of pyridine rings is 1. The molecule has 21 heavy (non-hydrogen) atoms. The number of carbonyl (C=O) groups excluding carboxylic acids is 1. The largest absolute Gasteiger partial charge is 0.473 e. The molecule has 6 heteroatoms. The van der Waals surface area contributed by atoms with Crippen LogP contribution < -0.4 is 21.3 Å². The number of amides is 2. The van der Waals surface area contributed by atoms with Crippen LogP contribution in [0.3, 0.4) is 0 Å². The Morgan fingerprint density at radius 2 is 2.00 bits per heavy atom. The molecule has 2 amide bonds. The minimum Gasteiger partial charge on any atom is -0.473 e. The second kappa shape index (κ2) is 6.71. The van der Waals surface area contributed by atoms with Gasteiger partial charge >= 0.3 is 6.03 Å². The molecule has 1 aromatic heterocycles. The van der Waals surface area contributed by atoms with Gasteiger partial charge in [-0.1, -0.05) is 18.2 Å². The lowest BCUT2D eigenvalue weighted by atomic mass is 10.1. The van der Waals surface area contributed by atoms with Gasteiger partial charge in [-0.15, -0.1) is 0 Å². The lowest BCUT2D eigenvalue weighted by Crippen LogP contribution is -2.34. The average molecular weight is 286 g/mol. The van der Waals surface area contributed by atoms with Crippen molar-refractivity contribution in [2.45, 2.75) is 20.5 Å². The molecular formula is C15H18N4O2. The van der Waals surface area contributed by atoms with Crippen LogP contribution in [-0.2, 0) is 6.61 Å². The molecular weight excluding hydrogens is 268 g/mol. The summed E-state index contributed by atoms with van der Waals surface area (Å²) in [6.45, 7) is 4.20. The number of hydrogen-bond acceptors (Lipinski definition) is 4. The summed E-state index contributed by atoms with van der Waals surface area (Å²) in [7, 11) is 0. The third-order valence-electron chi connectivity index (χ3n) is 3.10. The van der Waals surface area contributed by atoms with Crippen molar-refractivity contribution in [3.63, 3.8) is 0 Å². The van der Waals surface area contributed by atoms with Gasteiger partial charge in [0.1, 0.15) is 6.61 Å². The van der Waals surface area contributed by atoms with Crippen LogP contribution in [0.2, 0.25) is 0 Å². The van der Waals surface area contributed by atoms with Crippen LogP contribution in [0.1, 0.15) is 16.7 Å². The zero-order valence-electron chi connectivity index (χ0n) is 12.0. The molecule has 0 fully saturated rings. The van der Waals surface area contributed by atoms with Gasteiger partial charge in [-0.05, 0) is 31.5 Å². The van der Waals surface area contributed by atoms with Gasteiger partial charge < -0.3 is 10.1 Å². The fraction of sp³-hybridized carbons (Fsp3) is 0.200. The summed E-state index contributed by atoms with van der Waals surface area (Å²) < 4.78 is 5.75. The molecule has 0 bridgehead atoms. The molecule has 2 aromatic rings. The van der Waals surface area contributed by atoms with E-state index in [0.717, 1.165) is 16.7 Å². The van der Waals surface area contributed by atoms with Crippen molar-refractivity contribution in [3.8, 4) is 5.88 Å². The number of ether oxygens (including phenoxy) is 1. The monoisotopic (exact) mass is 286 g/mol. The summed E-state index contributed by atoms with van der Waals surface area (Å²) in [5.41, 5.74) is 5.55. The molecule has 0 spiro atoms. The number of carbonyl (C=O) groups is 1. The molecule has 0 radical (unpaired) electrons. The van der Waals surface area contributed by atoms with Crippen molar-refractivity contribution in [1.29, 1.82) is 0 Å². The molecule has 0 aliphatic carbocycles. The highest BCUT2D eigenvalue weighted by Crippen LogP contribution is 2.22. The van der Waals surface area contributed by atoms with E-state index in [2.05, 4.69) is 10.3 Å². The van der Waals surface area contributed by atoms with Gasteiger partial charge in [-0.25, -0.2) is 15.6 Å². The van der Waals surface area contributed by atoms with Gasteiger partial charge in [-0.3, -0.25) is 5.43 Å². The molecule has 0 saturated carbocycles. The van der Waals surface area contributed by atoms with Gasteiger partial charge in [0, 0.05) is 23.0 Å². The first kappa shape index (κ1) is 14.8. The van der Waals surface area contributed by atoms with E-state index in [1.54, 1.807) is 12.3 Å². The minimum atomic E-state index is -0.476. The van der Waals surface area contributed by atoms with Gasteiger partial charge in [0.05, 0.1) is 0 Å². The number of benzene rings is 1. The number of urea groups is 1. The summed E-state index contributed by atoms with van der Waals surface area (Å²) in [5, 5.41) is 2.68. The van der Waals surface area contributed by atoms with Crippen LogP contribution >= 0.6 is 0 Å². The number of hydrogen-bond donors (Lipinski definition) is 3. The molecule has 0 aliphatic heterocycles. The van der Waals surface area contributed by atoms with E-state index in [0.29, 0.717) is 18.2 Å².